The normalized spacial score (nSPS) is 23.2. The van der Waals surface area contributed by atoms with Gasteiger partial charge in [-0.3, -0.25) is 4.79 Å². The van der Waals surface area contributed by atoms with Crippen LogP contribution in [0.3, 0.4) is 0 Å². The number of aromatic nitrogens is 1. The van der Waals surface area contributed by atoms with E-state index in [0.29, 0.717) is 6.42 Å². The van der Waals surface area contributed by atoms with E-state index in [1.165, 1.54) is 11.3 Å². The van der Waals surface area contributed by atoms with E-state index in [-0.39, 0.29) is 18.1 Å². The molecule has 6 heteroatoms. The third kappa shape index (κ3) is 3.18. The van der Waals surface area contributed by atoms with Gasteiger partial charge >= 0.3 is 0 Å². The number of aryl methyl sites for hydroxylation is 1. The number of methoxy groups -OCH3 is 1. The largest absolute Gasteiger partial charge is 0.379 e. The molecule has 1 heterocycles. The van der Waals surface area contributed by atoms with Crippen molar-refractivity contribution in [3.8, 4) is 0 Å². The van der Waals surface area contributed by atoms with Gasteiger partial charge in [-0.15, -0.1) is 11.3 Å². The lowest BCUT2D eigenvalue weighted by atomic mass is 10.2. The SMILES string of the molecule is CO[C@@H]1CCC[C@@H]1NC(=O)Cc1sc(=S)[nH]c1C. The molecule has 1 amide bonds. The van der Waals surface area contributed by atoms with Crippen LogP contribution in [0.25, 0.3) is 0 Å². The Kier molecular flexibility index (Phi) is 4.53. The zero-order valence-electron chi connectivity index (χ0n) is 10.6. The summed E-state index contributed by atoms with van der Waals surface area (Å²) in [6.45, 7) is 1.95. The van der Waals surface area contributed by atoms with Gasteiger partial charge in [-0.2, -0.15) is 0 Å². The Balaban J connectivity index is 1.92. The van der Waals surface area contributed by atoms with Gasteiger partial charge in [0.15, 0.2) is 3.95 Å². The highest BCUT2D eigenvalue weighted by molar-refractivity contribution is 7.73. The van der Waals surface area contributed by atoms with Crippen LogP contribution in [0.1, 0.15) is 29.8 Å². The van der Waals surface area contributed by atoms with Crippen molar-refractivity contribution < 1.29 is 9.53 Å². The zero-order chi connectivity index (χ0) is 13.1. The fourth-order valence-corrected chi connectivity index (χ4v) is 3.67. The third-order valence-corrected chi connectivity index (χ3v) is 4.68. The number of H-pyrrole nitrogens is 1. The molecule has 0 aromatic carbocycles. The van der Waals surface area contributed by atoms with Crippen LogP contribution < -0.4 is 5.32 Å². The Morgan fingerprint density at radius 3 is 3.00 bits per heavy atom. The lowest BCUT2D eigenvalue weighted by molar-refractivity contribution is -0.121. The van der Waals surface area contributed by atoms with E-state index in [2.05, 4.69) is 10.3 Å². The van der Waals surface area contributed by atoms with E-state index in [4.69, 9.17) is 17.0 Å². The van der Waals surface area contributed by atoms with E-state index in [1.54, 1.807) is 7.11 Å². The molecule has 2 N–H and O–H groups in total. The summed E-state index contributed by atoms with van der Waals surface area (Å²) >= 11 is 6.54. The van der Waals surface area contributed by atoms with Gasteiger partial charge in [-0.25, -0.2) is 0 Å². The molecule has 1 aromatic rings. The van der Waals surface area contributed by atoms with Gasteiger partial charge < -0.3 is 15.0 Å². The molecule has 1 aromatic heterocycles. The number of rotatable bonds is 4. The number of hydrogen-bond acceptors (Lipinski definition) is 4. The van der Waals surface area contributed by atoms with Crippen LogP contribution in [0.2, 0.25) is 0 Å². The van der Waals surface area contributed by atoms with Crippen molar-refractivity contribution in [2.75, 3.05) is 7.11 Å². The molecule has 0 bridgehead atoms. The molecular formula is C12H18N2O2S2. The van der Waals surface area contributed by atoms with Crippen LogP contribution in [0.15, 0.2) is 0 Å². The molecule has 0 radical (unpaired) electrons. The van der Waals surface area contributed by atoms with Crippen molar-refractivity contribution in [3.05, 3.63) is 14.5 Å². The second-order valence-electron chi connectivity index (χ2n) is 4.62. The summed E-state index contributed by atoms with van der Waals surface area (Å²) in [6.07, 6.45) is 3.72. The monoisotopic (exact) mass is 286 g/mol. The van der Waals surface area contributed by atoms with Crippen LogP contribution in [0, 0.1) is 10.9 Å². The molecular weight excluding hydrogens is 268 g/mol. The molecule has 0 aliphatic heterocycles. The van der Waals surface area contributed by atoms with Crippen LogP contribution in [-0.4, -0.2) is 30.1 Å². The zero-order valence-corrected chi connectivity index (χ0v) is 12.2. The van der Waals surface area contributed by atoms with Gasteiger partial charge in [0, 0.05) is 17.7 Å². The molecule has 1 aliphatic rings. The van der Waals surface area contributed by atoms with E-state index >= 15 is 0 Å². The number of carbonyl (C=O) groups is 1. The summed E-state index contributed by atoms with van der Waals surface area (Å²) in [6, 6.07) is 0.162. The Morgan fingerprint density at radius 1 is 1.61 bits per heavy atom. The van der Waals surface area contributed by atoms with Crippen LogP contribution in [0.4, 0.5) is 0 Å². The number of amides is 1. The lowest BCUT2D eigenvalue weighted by Gasteiger charge is -2.19. The molecule has 4 nitrogen and oxygen atoms in total. The first-order valence-electron chi connectivity index (χ1n) is 6.11. The minimum Gasteiger partial charge on any atom is -0.379 e. The number of thiazole rings is 1. The highest BCUT2D eigenvalue weighted by atomic mass is 32.1. The fourth-order valence-electron chi connectivity index (χ4n) is 2.38. The molecule has 2 rings (SSSR count). The molecule has 18 heavy (non-hydrogen) atoms. The maximum atomic E-state index is 12.0. The minimum absolute atomic E-state index is 0.0531. The van der Waals surface area contributed by atoms with Gasteiger partial charge in [0.25, 0.3) is 0 Å². The highest BCUT2D eigenvalue weighted by Crippen LogP contribution is 2.22. The third-order valence-electron chi connectivity index (χ3n) is 3.35. The topological polar surface area (TPSA) is 54.1 Å². The first-order chi connectivity index (χ1) is 8.60. The molecule has 0 unspecified atom stereocenters. The molecule has 2 atom stereocenters. The highest BCUT2D eigenvalue weighted by Gasteiger charge is 2.28. The molecule has 1 aliphatic carbocycles. The molecule has 100 valence electrons. The van der Waals surface area contributed by atoms with Gasteiger partial charge in [-0.05, 0) is 38.4 Å². The lowest BCUT2D eigenvalue weighted by Crippen LogP contribution is -2.41. The van der Waals surface area contributed by atoms with Gasteiger partial charge in [0.05, 0.1) is 18.6 Å². The van der Waals surface area contributed by atoms with Crippen molar-refractivity contribution in [1.29, 1.82) is 0 Å². The van der Waals surface area contributed by atoms with Crippen molar-refractivity contribution >= 4 is 29.5 Å². The van der Waals surface area contributed by atoms with Crippen LogP contribution >= 0.6 is 23.6 Å². The molecule has 1 fully saturated rings. The fraction of sp³-hybridized carbons (Fsp3) is 0.667. The molecule has 0 spiro atoms. The Labute approximate surface area is 116 Å². The summed E-state index contributed by atoms with van der Waals surface area (Å²) in [5, 5.41) is 3.06. The van der Waals surface area contributed by atoms with Gasteiger partial charge in [0.1, 0.15) is 0 Å². The standard InChI is InChI=1S/C12H18N2O2S2/c1-7-10(18-12(17)13-7)6-11(15)14-8-4-3-5-9(8)16-2/h8-9H,3-6H2,1-2H3,(H,13,17)(H,14,15)/t8-,9+/m0/s1. The number of carbonyl (C=O) groups excluding carboxylic acids is 1. The van der Waals surface area contributed by atoms with Crippen molar-refractivity contribution in [3.63, 3.8) is 0 Å². The molecule has 1 saturated carbocycles. The summed E-state index contributed by atoms with van der Waals surface area (Å²) in [7, 11) is 1.71. The summed E-state index contributed by atoms with van der Waals surface area (Å²) < 4.78 is 6.10. The van der Waals surface area contributed by atoms with Crippen LogP contribution in [-0.2, 0) is 16.0 Å². The van der Waals surface area contributed by atoms with E-state index in [0.717, 1.165) is 33.8 Å². The smallest absolute Gasteiger partial charge is 0.225 e. The number of hydrogen-bond donors (Lipinski definition) is 2. The first kappa shape index (κ1) is 13.7. The van der Waals surface area contributed by atoms with E-state index in [9.17, 15) is 4.79 Å². The van der Waals surface area contributed by atoms with Crippen LogP contribution in [0.5, 0.6) is 0 Å². The Hall–Kier alpha value is -0.720. The van der Waals surface area contributed by atoms with Crippen molar-refractivity contribution in [2.24, 2.45) is 0 Å². The summed E-state index contributed by atoms with van der Waals surface area (Å²) in [5.74, 6) is 0.0531. The number of aromatic amines is 1. The number of ether oxygens (including phenoxy) is 1. The Morgan fingerprint density at radius 2 is 2.39 bits per heavy atom. The molecule has 0 saturated heterocycles. The van der Waals surface area contributed by atoms with Gasteiger partial charge in [0.2, 0.25) is 5.91 Å². The average molecular weight is 286 g/mol. The van der Waals surface area contributed by atoms with Gasteiger partial charge in [-0.1, -0.05) is 0 Å². The summed E-state index contributed by atoms with van der Waals surface area (Å²) in [4.78, 5) is 16.1. The minimum atomic E-state index is 0.0531. The Bertz CT molecular complexity index is 481. The average Bonchev–Trinajstić information content (AvgIpc) is 2.86. The maximum absolute atomic E-state index is 12.0. The second-order valence-corrected chi connectivity index (χ2v) is 6.39. The van der Waals surface area contributed by atoms with Crippen molar-refractivity contribution in [1.82, 2.24) is 10.3 Å². The van der Waals surface area contributed by atoms with Crippen molar-refractivity contribution in [2.45, 2.75) is 44.8 Å². The first-order valence-corrected chi connectivity index (χ1v) is 7.33. The second kappa shape index (κ2) is 5.95. The predicted molar refractivity (Wildman–Crippen MR) is 74.5 cm³/mol. The van der Waals surface area contributed by atoms with E-state index < -0.39 is 0 Å². The maximum Gasteiger partial charge on any atom is 0.225 e. The summed E-state index contributed by atoms with van der Waals surface area (Å²) in [5.41, 5.74) is 0.995. The quantitative estimate of drug-likeness (QED) is 0.835. The predicted octanol–water partition coefficient (Wildman–Crippen LogP) is 2.34. The van der Waals surface area contributed by atoms with E-state index in [1.807, 2.05) is 6.92 Å². The number of nitrogens with one attached hydrogen (secondary N) is 2.